The van der Waals surface area contributed by atoms with Crippen molar-refractivity contribution in [1.82, 2.24) is 4.98 Å². The van der Waals surface area contributed by atoms with E-state index in [0.29, 0.717) is 0 Å². The third-order valence-electron chi connectivity index (χ3n) is 0.998. The van der Waals surface area contributed by atoms with E-state index in [4.69, 9.17) is 23.2 Å². The van der Waals surface area contributed by atoms with Gasteiger partial charge in [-0.25, -0.2) is 9.37 Å². The van der Waals surface area contributed by atoms with Crippen LogP contribution < -0.4 is 0 Å². The zero-order chi connectivity index (χ0) is 8.43. The summed E-state index contributed by atoms with van der Waals surface area (Å²) >= 11 is 10.4. The Bertz CT molecular complexity index is 303. The molecule has 0 spiro atoms. The maximum atomic E-state index is 12.6. The van der Waals surface area contributed by atoms with Gasteiger partial charge in [0.15, 0.2) is 11.5 Å². The largest absolute Gasteiger partial charge is 0.274 e. The quantitative estimate of drug-likeness (QED) is 0.506. The van der Waals surface area contributed by atoms with Gasteiger partial charge in [0.05, 0.1) is 0 Å². The minimum Gasteiger partial charge on any atom is -0.274 e. The molecule has 0 unspecified atom stereocenters. The summed E-state index contributed by atoms with van der Waals surface area (Å²) in [6.07, 6.45) is 0. The summed E-state index contributed by atoms with van der Waals surface area (Å²) in [4.78, 5) is 13.8. The van der Waals surface area contributed by atoms with Crippen LogP contribution in [-0.4, -0.2) is 10.2 Å². The van der Waals surface area contributed by atoms with Crippen molar-refractivity contribution in [3.05, 3.63) is 28.8 Å². The second-order valence-corrected chi connectivity index (χ2v) is 2.47. The Hall–Kier alpha value is -0.670. The highest BCUT2D eigenvalue weighted by Gasteiger charge is 2.10. The molecule has 1 aromatic heterocycles. The molecule has 11 heavy (non-hydrogen) atoms. The Balaban J connectivity index is 3.23. The van der Waals surface area contributed by atoms with Gasteiger partial charge in [0, 0.05) is 0 Å². The van der Waals surface area contributed by atoms with Crippen LogP contribution in [0.15, 0.2) is 12.1 Å². The number of nitrogens with zero attached hydrogens (tertiary/aromatic N) is 1. The molecule has 0 N–H and O–H groups in total. The molecular formula is C6H2Cl2FNO. The summed E-state index contributed by atoms with van der Waals surface area (Å²) in [5.41, 5.74) is -0.445. The van der Waals surface area contributed by atoms with Gasteiger partial charge in [-0.3, -0.25) is 4.79 Å². The van der Waals surface area contributed by atoms with Crippen LogP contribution in [0.25, 0.3) is 0 Å². The first-order valence-corrected chi connectivity index (χ1v) is 3.38. The first kappa shape index (κ1) is 8.43. The molecule has 0 saturated heterocycles. The third kappa shape index (κ3) is 1.88. The van der Waals surface area contributed by atoms with Crippen LogP contribution in [-0.2, 0) is 0 Å². The van der Waals surface area contributed by atoms with E-state index in [1.165, 1.54) is 6.07 Å². The second kappa shape index (κ2) is 3.15. The van der Waals surface area contributed by atoms with Gasteiger partial charge < -0.3 is 0 Å². The molecule has 0 aliphatic carbocycles. The zero-order valence-electron chi connectivity index (χ0n) is 5.14. The Labute approximate surface area is 71.9 Å². The molecule has 0 fully saturated rings. The maximum Gasteiger partial charge on any atom is 0.273 e. The van der Waals surface area contributed by atoms with Gasteiger partial charge >= 0.3 is 0 Å². The van der Waals surface area contributed by atoms with Crippen LogP contribution in [0.1, 0.15) is 10.5 Å². The van der Waals surface area contributed by atoms with E-state index in [9.17, 15) is 9.18 Å². The van der Waals surface area contributed by atoms with E-state index in [2.05, 4.69) is 4.98 Å². The summed E-state index contributed by atoms with van der Waals surface area (Å²) in [6, 6.07) is 2.27. The lowest BCUT2D eigenvalue weighted by Crippen LogP contribution is -1.98. The van der Waals surface area contributed by atoms with Crippen LogP contribution in [0.4, 0.5) is 4.39 Å². The topological polar surface area (TPSA) is 30.0 Å². The molecule has 2 nitrogen and oxygen atoms in total. The molecule has 0 amide bonds. The van der Waals surface area contributed by atoms with Crippen molar-refractivity contribution in [1.29, 1.82) is 0 Å². The Morgan fingerprint density at radius 3 is 2.64 bits per heavy atom. The molecule has 0 atom stereocenters. The van der Waals surface area contributed by atoms with Crippen molar-refractivity contribution >= 4 is 28.4 Å². The molecule has 1 aromatic rings. The predicted molar refractivity (Wildman–Crippen MR) is 39.4 cm³/mol. The summed E-state index contributed by atoms with van der Waals surface area (Å²) in [7, 11) is 0. The van der Waals surface area contributed by atoms with E-state index in [-0.39, 0.29) is 5.15 Å². The van der Waals surface area contributed by atoms with Gasteiger partial charge in [-0.15, -0.1) is 0 Å². The number of aromatic nitrogens is 1. The van der Waals surface area contributed by atoms with Crippen LogP contribution in [0.2, 0.25) is 5.15 Å². The Kier molecular flexibility index (Phi) is 2.42. The van der Waals surface area contributed by atoms with Gasteiger partial charge in [0.2, 0.25) is 0 Å². The maximum absolute atomic E-state index is 12.6. The highest BCUT2D eigenvalue weighted by molar-refractivity contribution is 6.67. The van der Waals surface area contributed by atoms with E-state index in [1.807, 2.05) is 0 Å². The van der Waals surface area contributed by atoms with Crippen molar-refractivity contribution in [2.45, 2.75) is 0 Å². The number of halogens is 3. The normalized spacial score (nSPS) is 9.73. The first-order valence-electron chi connectivity index (χ1n) is 2.63. The fourth-order valence-corrected chi connectivity index (χ4v) is 0.836. The van der Waals surface area contributed by atoms with Crippen molar-refractivity contribution in [3.8, 4) is 0 Å². The fourth-order valence-electron chi connectivity index (χ4n) is 0.556. The first-order chi connectivity index (χ1) is 5.11. The molecule has 0 aromatic carbocycles. The van der Waals surface area contributed by atoms with Crippen molar-refractivity contribution in [3.63, 3.8) is 0 Å². The van der Waals surface area contributed by atoms with Crippen molar-refractivity contribution in [2.24, 2.45) is 0 Å². The van der Waals surface area contributed by atoms with Crippen molar-refractivity contribution in [2.75, 3.05) is 0 Å². The lowest BCUT2D eigenvalue weighted by molar-refractivity contribution is 0.107. The molecule has 58 valence electrons. The zero-order valence-corrected chi connectivity index (χ0v) is 6.66. The molecule has 0 radical (unpaired) electrons. The minimum absolute atomic E-state index is 0.0374. The number of pyridine rings is 1. The number of carbonyl (C=O) groups excluding carboxylic acids is 1. The van der Waals surface area contributed by atoms with Crippen LogP contribution >= 0.6 is 23.2 Å². The molecule has 5 heteroatoms. The Morgan fingerprint density at radius 1 is 1.55 bits per heavy atom. The average Bonchev–Trinajstić information content (AvgIpc) is 1.94. The number of rotatable bonds is 1. The molecular weight excluding hydrogens is 192 g/mol. The highest BCUT2D eigenvalue weighted by atomic mass is 35.5. The second-order valence-electron chi connectivity index (χ2n) is 1.74. The van der Waals surface area contributed by atoms with E-state index >= 15 is 0 Å². The smallest absolute Gasteiger partial charge is 0.273 e. The Morgan fingerprint density at radius 2 is 2.18 bits per heavy atom. The number of hydrogen-bond donors (Lipinski definition) is 0. The highest BCUT2D eigenvalue weighted by Crippen LogP contribution is 2.11. The molecule has 1 rings (SSSR count). The molecule has 0 saturated carbocycles. The SMILES string of the molecule is O=C(Cl)c1nc(Cl)ccc1F. The fraction of sp³-hybridized carbons (Fsp3) is 0. The van der Waals surface area contributed by atoms with E-state index in [1.54, 1.807) is 0 Å². The van der Waals surface area contributed by atoms with E-state index < -0.39 is 16.8 Å². The molecule has 0 bridgehead atoms. The third-order valence-corrected chi connectivity index (χ3v) is 1.39. The monoisotopic (exact) mass is 193 g/mol. The number of hydrogen-bond acceptors (Lipinski definition) is 2. The van der Waals surface area contributed by atoms with Crippen LogP contribution in [0.3, 0.4) is 0 Å². The van der Waals surface area contributed by atoms with Gasteiger partial charge in [0.25, 0.3) is 5.24 Å². The van der Waals surface area contributed by atoms with Crippen LogP contribution in [0.5, 0.6) is 0 Å². The lowest BCUT2D eigenvalue weighted by Gasteiger charge is -1.94. The van der Waals surface area contributed by atoms with Crippen LogP contribution in [0, 0.1) is 5.82 Å². The summed E-state index contributed by atoms with van der Waals surface area (Å²) in [6.45, 7) is 0. The van der Waals surface area contributed by atoms with Gasteiger partial charge in [-0.05, 0) is 23.7 Å². The van der Waals surface area contributed by atoms with E-state index in [0.717, 1.165) is 6.07 Å². The molecule has 1 heterocycles. The van der Waals surface area contributed by atoms with Gasteiger partial charge in [-0.1, -0.05) is 11.6 Å². The van der Waals surface area contributed by atoms with Crippen molar-refractivity contribution < 1.29 is 9.18 Å². The summed E-state index contributed by atoms with van der Waals surface area (Å²) in [5.74, 6) is -0.769. The average molecular weight is 194 g/mol. The molecule has 0 aliphatic heterocycles. The standard InChI is InChI=1S/C6H2Cl2FNO/c7-4-2-1-3(9)5(10-4)6(8)11/h1-2H. The summed E-state index contributed by atoms with van der Waals surface area (Å²) in [5, 5.41) is -0.916. The lowest BCUT2D eigenvalue weighted by atomic mass is 10.3. The molecule has 0 aliphatic rings. The predicted octanol–water partition coefficient (Wildman–Crippen LogP) is 2.25. The number of carbonyl (C=O) groups is 1. The van der Waals surface area contributed by atoms with Gasteiger partial charge in [-0.2, -0.15) is 0 Å². The summed E-state index contributed by atoms with van der Waals surface area (Å²) < 4.78 is 12.6. The van der Waals surface area contributed by atoms with Gasteiger partial charge in [0.1, 0.15) is 5.15 Å². The minimum atomic E-state index is -0.954.